The third-order valence-corrected chi connectivity index (χ3v) is 10.6. The topological polar surface area (TPSA) is 149 Å². The largest absolute Gasteiger partial charge is 0.472 e. The number of esters is 2. The van der Waals surface area contributed by atoms with E-state index in [1.807, 2.05) is 0 Å². The van der Waals surface area contributed by atoms with Crippen LogP contribution < -0.4 is 0 Å². The average Bonchev–Trinajstić information content (AvgIpc) is 3.16. The minimum absolute atomic E-state index is 0.186. The highest BCUT2D eigenvalue weighted by atomic mass is 31.2. The summed E-state index contributed by atoms with van der Waals surface area (Å²) in [6.45, 7) is 2.38. The number of phosphoric ester groups is 1. The normalized spacial score (nSPS) is 13.9. The molecule has 0 heterocycles. The van der Waals surface area contributed by atoms with Crippen molar-refractivity contribution in [2.24, 2.45) is 0 Å². The average molecular weight is 791 g/mol. The van der Waals surface area contributed by atoms with E-state index in [9.17, 15) is 24.2 Å². The van der Waals surface area contributed by atoms with Crippen molar-refractivity contribution in [2.75, 3.05) is 26.4 Å². The minimum atomic E-state index is -4.61. The fourth-order valence-corrected chi connectivity index (χ4v) is 7.01. The molecule has 0 aromatic rings. The summed E-state index contributed by atoms with van der Waals surface area (Å²) in [4.78, 5) is 34.9. The Hall–Kier alpha value is -1.29. The maximum atomic E-state index is 12.6. The molecule has 0 spiro atoms. The van der Waals surface area contributed by atoms with Gasteiger partial charge in [-0.3, -0.25) is 18.6 Å². The van der Waals surface area contributed by atoms with Crippen LogP contribution in [0.1, 0.15) is 213 Å². The van der Waals surface area contributed by atoms with E-state index in [-0.39, 0.29) is 19.4 Å². The first-order chi connectivity index (χ1) is 26.2. The Kier molecular flexibility index (Phi) is 39.0. The summed E-state index contributed by atoms with van der Waals surface area (Å²) in [5, 5.41) is 18.3. The summed E-state index contributed by atoms with van der Waals surface area (Å²) in [7, 11) is -4.61. The summed E-state index contributed by atoms with van der Waals surface area (Å²) in [5.74, 6) is -0.920. The third kappa shape index (κ3) is 39.0. The Morgan fingerprint density at radius 1 is 0.537 bits per heavy atom. The molecular formula is C43H83O10P. The predicted octanol–water partition coefficient (Wildman–Crippen LogP) is 11.6. The molecule has 0 radical (unpaired) electrons. The van der Waals surface area contributed by atoms with Gasteiger partial charge in [0, 0.05) is 12.8 Å². The molecule has 0 rings (SSSR count). The molecule has 320 valence electrons. The number of hydrogen-bond acceptors (Lipinski definition) is 9. The van der Waals surface area contributed by atoms with E-state index in [0.29, 0.717) is 12.8 Å². The molecule has 0 amide bonds. The lowest BCUT2D eigenvalue weighted by molar-refractivity contribution is -0.161. The van der Waals surface area contributed by atoms with Crippen LogP contribution in [0.15, 0.2) is 12.2 Å². The van der Waals surface area contributed by atoms with Crippen LogP contribution in [0.2, 0.25) is 0 Å². The molecule has 0 aromatic carbocycles. The van der Waals surface area contributed by atoms with Crippen molar-refractivity contribution in [2.45, 2.75) is 225 Å². The molecule has 10 nitrogen and oxygen atoms in total. The van der Waals surface area contributed by atoms with Crippen LogP contribution in [0.4, 0.5) is 0 Å². The van der Waals surface area contributed by atoms with E-state index in [1.54, 1.807) is 0 Å². The molecular weight excluding hydrogens is 707 g/mol. The van der Waals surface area contributed by atoms with Gasteiger partial charge in [0.05, 0.1) is 19.8 Å². The predicted molar refractivity (Wildman–Crippen MR) is 219 cm³/mol. The molecule has 54 heavy (non-hydrogen) atoms. The van der Waals surface area contributed by atoms with Gasteiger partial charge in [-0.1, -0.05) is 174 Å². The quantitative estimate of drug-likeness (QED) is 0.0236. The van der Waals surface area contributed by atoms with Gasteiger partial charge in [-0.05, 0) is 38.5 Å². The Morgan fingerprint density at radius 3 is 1.33 bits per heavy atom. The number of ether oxygens (including phenoxy) is 2. The molecule has 0 bridgehead atoms. The van der Waals surface area contributed by atoms with Gasteiger partial charge in [0.2, 0.25) is 0 Å². The van der Waals surface area contributed by atoms with Crippen molar-refractivity contribution >= 4 is 19.8 Å². The molecule has 0 saturated carbocycles. The molecule has 0 aliphatic rings. The highest BCUT2D eigenvalue weighted by Crippen LogP contribution is 2.43. The van der Waals surface area contributed by atoms with Crippen LogP contribution in [0.25, 0.3) is 0 Å². The second-order valence-corrected chi connectivity index (χ2v) is 16.5. The molecule has 0 aliphatic heterocycles. The summed E-state index contributed by atoms with van der Waals surface area (Å²) >= 11 is 0. The van der Waals surface area contributed by atoms with Crippen LogP contribution in [-0.2, 0) is 32.7 Å². The van der Waals surface area contributed by atoms with E-state index in [0.717, 1.165) is 38.5 Å². The van der Waals surface area contributed by atoms with Gasteiger partial charge in [-0.15, -0.1) is 0 Å². The molecule has 0 fully saturated rings. The van der Waals surface area contributed by atoms with Crippen molar-refractivity contribution in [3.63, 3.8) is 0 Å². The summed E-state index contributed by atoms with van der Waals surface area (Å²) in [6, 6.07) is 0. The van der Waals surface area contributed by atoms with E-state index in [1.165, 1.54) is 135 Å². The van der Waals surface area contributed by atoms with Gasteiger partial charge >= 0.3 is 19.8 Å². The standard InChI is InChI=1S/C43H83O10P/c1-3-5-7-9-11-13-15-16-17-18-19-20-21-22-23-24-25-27-29-31-33-35-43(47)53-41(39-52-54(48,49)51-37-40(45)36-44)38-50-42(46)34-32-30-28-26-14-12-10-8-6-4-2/h18-19,40-41,44-45H,3-17,20-39H2,1-2H3,(H,48,49)/b19-18-. The highest BCUT2D eigenvalue weighted by molar-refractivity contribution is 7.47. The van der Waals surface area contributed by atoms with Gasteiger partial charge in [-0.25, -0.2) is 4.57 Å². The van der Waals surface area contributed by atoms with Gasteiger partial charge in [-0.2, -0.15) is 0 Å². The lowest BCUT2D eigenvalue weighted by atomic mass is 10.1. The highest BCUT2D eigenvalue weighted by Gasteiger charge is 2.27. The zero-order valence-electron chi connectivity index (χ0n) is 34.7. The SMILES string of the molecule is CCCCCCCCCC/C=C\CCCCCCCCCCCC(=O)OC(COC(=O)CCCCCCCCCCCC)COP(=O)(O)OCC(O)CO. The zero-order valence-corrected chi connectivity index (χ0v) is 35.6. The van der Waals surface area contributed by atoms with Crippen LogP contribution in [0, 0.1) is 0 Å². The number of rotatable bonds is 42. The first kappa shape index (κ1) is 52.7. The second kappa shape index (κ2) is 39.9. The Morgan fingerprint density at radius 2 is 0.907 bits per heavy atom. The van der Waals surface area contributed by atoms with Crippen LogP contribution in [0.5, 0.6) is 0 Å². The van der Waals surface area contributed by atoms with E-state index < -0.39 is 51.8 Å². The van der Waals surface area contributed by atoms with Crippen LogP contribution >= 0.6 is 7.82 Å². The number of aliphatic hydroxyl groups is 2. The van der Waals surface area contributed by atoms with E-state index in [4.69, 9.17) is 19.1 Å². The number of allylic oxidation sites excluding steroid dienone is 2. The first-order valence-electron chi connectivity index (χ1n) is 22.1. The van der Waals surface area contributed by atoms with Crippen molar-refractivity contribution in [1.29, 1.82) is 0 Å². The maximum Gasteiger partial charge on any atom is 0.472 e. The summed E-state index contributed by atoms with van der Waals surface area (Å²) in [5.41, 5.74) is 0. The molecule has 0 aromatic heterocycles. The van der Waals surface area contributed by atoms with Gasteiger partial charge in [0.25, 0.3) is 0 Å². The molecule has 0 aliphatic carbocycles. The van der Waals surface area contributed by atoms with Gasteiger partial charge < -0.3 is 24.6 Å². The molecule has 3 atom stereocenters. The Balaban J connectivity index is 4.18. The third-order valence-electron chi connectivity index (χ3n) is 9.67. The zero-order chi connectivity index (χ0) is 39.8. The van der Waals surface area contributed by atoms with E-state index in [2.05, 4.69) is 30.5 Å². The Bertz CT molecular complexity index is 915. The smallest absolute Gasteiger partial charge is 0.462 e. The summed E-state index contributed by atoms with van der Waals surface area (Å²) < 4.78 is 32.7. The van der Waals surface area contributed by atoms with Crippen LogP contribution in [-0.4, -0.2) is 65.7 Å². The second-order valence-electron chi connectivity index (χ2n) is 15.1. The number of phosphoric acid groups is 1. The maximum absolute atomic E-state index is 12.6. The van der Waals surface area contributed by atoms with Crippen molar-refractivity contribution in [3.05, 3.63) is 12.2 Å². The van der Waals surface area contributed by atoms with Crippen molar-refractivity contribution in [1.82, 2.24) is 0 Å². The number of carbonyl (C=O) groups excluding carboxylic acids is 2. The Labute approximate surface area is 330 Å². The summed E-state index contributed by atoms with van der Waals surface area (Å²) in [6.07, 6.45) is 37.6. The number of carbonyl (C=O) groups is 2. The van der Waals surface area contributed by atoms with Crippen LogP contribution in [0.3, 0.4) is 0 Å². The molecule has 3 unspecified atom stereocenters. The number of unbranched alkanes of at least 4 members (excludes halogenated alkanes) is 26. The van der Waals surface area contributed by atoms with Gasteiger partial charge in [0.1, 0.15) is 12.7 Å². The number of hydrogen-bond donors (Lipinski definition) is 3. The van der Waals surface area contributed by atoms with Crippen molar-refractivity contribution in [3.8, 4) is 0 Å². The minimum Gasteiger partial charge on any atom is -0.462 e. The lowest BCUT2D eigenvalue weighted by Gasteiger charge is -2.20. The number of aliphatic hydroxyl groups excluding tert-OH is 2. The monoisotopic (exact) mass is 791 g/mol. The fraction of sp³-hybridized carbons (Fsp3) is 0.907. The molecule has 3 N–H and O–H groups in total. The van der Waals surface area contributed by atoms with Crippen molar-refractivity contribution < 1.29 is 47.8 Å². The van der Waals surface area contributed by atoms with E-state index >= 15 is 0 Å². The molecule has 0 saturated heterocycles. The molecule has 11 heteroatoms. The fourth-order valence-electron chi connectivity index (χ4n) is 6.22. The first-order valence-corrected chi connectivity index (χ1v) is 23.6. The van der Waals surface area contributed by atoms with Gasteiger partial charge in [0.15, 0.2) is 6.10 Å². The lowest BCUT2D eigenvalue weighted by Crippen LogP contribution is -2.29.